The molecule has 0 spiro atoms. The van der Waals surface area contributed by atoms with E-state index in [1.54, 1.807) is 6.20 Å². The van der Waals surface area contributed by atoms with Gasteiger partial charge in [-0.25, -0.2) is 4.98 Å². The van der Waals surface area contributed by atoms with E-state index >= 15 is 0 Å². The molecule has 2 aromatic rings. The monoisotopic (exact) mass is 230 g/mol. The number of rotatable bonds is 3. The van der Waals surface area contributed by atoms with Crippen LogP contribution >= 0.6 is 0 Å². The van der Waals surface area contributed by atoms with Crippen molar-refractivity contribution in [3.8, 4) is 11.5 Å². The van der Waals surface area contributed by atoms with Crippen molar-refractivity contribution in [2.24, 2.45) is 0 Å². The van der Waals surface area contributed by atoms with Gasteiger partial charge in [0.25, 0.3) is 0 Å². The van der Waals surface area contributed by atoms with Crippen molar-refractivity contribution in [2.75, 3.05) is 0 Å². The number of benzene rings is 1. The van der Waals surface area contributed by atoms with Gasteiger partial charge in [-0.1, -0.05) is 0 Å². The second kappa shape index (κ2) is 4.52. The number of hydrogen-bond donors (Lipinski definition) is 3. The lowest BCUT2D eigenvalue weighted by Crippen LogP contribution is -1.96. The van der Waals surface area contributed by atoms with Gasteiger partial charge < -0.3 is 15.2 Å². The molecule has 2 rings (SSSR count). The molecule has 0 atom stereocenters. The third-order valence-electron chi connectivity index (χ3n) is 2.16. The van der Waals surface area contributed by atoms with Crippen LogP contribution in [0.2, 0.25) is 0 Å². The zero-order valence-corrected chi connectivity index (χ0v) is 8.79. The number of carbonyl (C=O) groups is 1. The molecule has 0 aliphatic heterocycles. The minimum absolute atomic E-state index is 0.00806. The Morgan fingerprint density at radius 2 is 2.18 bits per heavy atom. The highest BCUT2D eigenvalue weighted by Crippen LogP contribution is 2.23. The number of aromatic nitrogens is 2. The van der Waals surface area contributed by atoms with E-state index < -0.39 is 0 Å². The third kappa shape index (κ3) is 2.52. The zero-order chi connectivity index (χ0) is 12.3. The van der Waals surface area contributed by atoms with Crippen LogP contribution in [0.1, 0.15) is 16.2 Å². The Labute approximate surface area is 97.1 Å². The van der Waals surface area contributed by atoms with Crippen LogP contribution in [0.25, 0.3) is 6.08 Å². The normalized spacial score (nSPS) is 10.8. The molecule has 3 N–H and O–H groups in total. The van der Waals surface area contributed by atoms with E-state index in [-0.39, 0.29) is 23.1 Å². The summed E-state index contributed by atoms with van der Waals surface area (Å²) in [4.78, 5) is 18.0. The van der Waals surface area contributed by atoms with Gasteiger partial charge >= 0.3 is 0 Å². The molecule has 5 heteroatoms. The SMILES string of the molecule is O=C(/C=C/c1cc(O)ccc1O)c1ncc[nH]1. The number of nitrogens with zero attached hydrogens (tertiary/aromatic N) is 1. The maximum Gasteiger partial charge on any atom is 0.221 e. The number of carbonyl (C=O) groups excluding carboxylic acids is 1. The Kier molecular flexibility index (Phi) is 2.91. The van der Waals surface area contributed by atoms with Crippen molar-refractivity contribution < 1.29 is 15.0 Å². The van der Waals surface area contributed by atoms with Gasteiger partial charge in [0.15, 0.2) is 5.82 Å². The van der Waals surface area contributed by atoms with Crippen molar-refractivity contribution in [1.29, 1.82) is 0 Å². The molecule has 17 heavy (non-hydrogen) atoms. The van der Waals surface area contributed by atoms with Gasteiger partial charge in [-0.2, -0.15) is 0 Å². The lowest BCUT2D eigenvalue weighted by Gasteiger charge is -1.99. The van der Waals surface area contributed by atoms with Gasteiger partial charge in [0.1, 0.15) is 11.5 Å². The summed E-state index contributed by atoms with van der Waals surface area (Å²) in [5, 5.41) is 18.7. The van der Waals surface area contributed by atoms with E-state index in [9.17, 15) is 15.0 Å². The molecule has 1 aromatic carbocycles. The molecule has 0 aliphatic rings. The lowest BCUT2D eigenvalue weighted by molar-refractivity contribution is 0.103. The summed E-state index contributed by atoms with van der Waals surface area (Å²) in [7, 11) is 0. The molecule has 1 aromatic heterocycles. The number of phenolic OH excluding ortho intramolecular Hbond substituents is 2. The van der Waals surface area contributed by atoms with E-state index in [0.29, 0.717) is 5.56 Å². The maximum absolute atomic E-state index is 11.6. The zero-order valence-electron chi connectivity index (χ0n) is 8.79. The first kappa shape index (κ1) is 10.9. The van der Waals surface area contributed by atoms with Crippen LogP contribution < -0.4 is 0 Å². The molecular weight excluding hydrogens is 220 g/mol. The van der Waals surface area contributed by atoms with Crippen molar-refractivity contribution >= 4 is 11.9 Å². The molecule has 0 aliphatic carbocycles. The maximum atomic E-state index is 11.6. The lowest BCUT2D eigenvalue weighted by atomic mass is 10.1. The quantitative estimate of drug-likeness (QED) is 0.425. The van der Waals surface area contributed by atoms with E-state index in [2.05, 4.69) is 9.97 Å². The van der Waals surface area contributed by atoms with Crippen molar-refractivity contribution in [1.82, 2.24) is 9.97 Å². The highest BCUT2D eigenvalue weighted by molar-refractivity contribution is 6.04. The number of H-pyrrole nitrogens is 1. The van der Waals surface area contributed by atoms with E-state index in [4.69, 9.17) is 0 Å². The highest BCUT2D eigenvalue weighted by atomic mass is 16.3. The molecule has 5 nitrogen and oxygen atoms in total. The molecule has 1 heterocycles. The average Bonchev–Trinajstić information content (AvgIpc) is 2.83. The van der Waals surface area contributed by atoms with Crippen LogP contribution in [0.15, 0.2) is 36.7 Å². The standard InChI is InChI=1S/C12H10N2O3/c15-9-2-4-10(16)8(7-9)1-3-11(17)12-13-5-6-14-12/h1-7,15-16H,(H,13,14)/b3-1+. The van der Waals surface area contributed by atoms with Crippen LogP contribution in [0.5, 0.6) is 11.5 Å². The smallest absolute Gasteiger partial charge is 0.221 e. The molecule has 0 fully saturated rings. The number of ketones is 1. The largest absolute Gasteiger partial charge is 0.508 e. The summed E-state index contributed by atoms with van der Waals surface area (Å²) >= 11 is 0. The number of imidazole rings is 1. The molecule has 0 radical (unpaired) electrons. The third-order valence-corrected chi connectivity index (χ3v) is 2.16. The second-order valence-electron chi connectivity index (χ2n) is 3.38. The Morgan fingerprint density at radius 1 is 1.35 bits per heavy atom. The second-order valence-corrected chi connectivity index (χ2v) is 3.38. The van der Waals surface area contributed by atoms with Crippen LogP contribution in [0, 0.1) is 0 Å². The molecular formula is C12H10N2O3. The summed E-state index contributed by atoms with van der Waals surface area (Å²) in [5.41, 5.74) is 0.366. The van der Waals surface area contributed by atoms with Crippen LogP contribution in [0.4, 0.5) is 0 Å². The summed E-state index contributed by atoms with van der Waals surface area (Å²) in [6.07, 6.45) is 5.72. The van der Waals surface area contributed by atoms with E-state index in [1.165, 1.54) is 36.5 Å². The topological polar surface area (TPSA) is 86.2 Å². The fourth-order valence-electron chi connectivity index (χ4n) is 1.32. The number of hydrogen-bond acceptors (Lipinski definition) is 4. The van der Waals surface area contributed by atoms with Crippen molar-refractivity contribution in [3.63, 3.8) is 0 Å². The van der Waals surface area contributed by atoms with E-state index in [0.717, 1.165) is 0 Å². The Balaban J connectivity index is 2.21. The van der Waals surface area contributed by atoms with Gasteiger partial charge in [-0.05, 0) is 30.4 Å². The van der Waals surface area contributed by atoms with Crippen LogP contribution in [-0.2, 0) is 0 Å². The van der Waals surface area contributed by atoms with Gasteiger partial charge in [0.05, 0.1) is 0 Å². The van der Waals surface area contributed by atoms with Gasteiger partial charge in [-0.3, -0.25) is 4.79 Å². The molecule has 0 saturated carbocycles. The van der Waals surface area contributed by atoms with Gasteiger partial charge in [0.2, 0.25) is 5.78 Å². The Bertz CT molecular complexity index is 559. The number of aromatic hydroxyl groups is 2. The summed E-state index contributed by atoms with van der Waals surface area (Å²) in [6.45, 7) is 0. The first-order chi connectivity index (χ1) is 8.16. The minimum atomic E-state index is -0.308. The first-order valence-electron chi connectivity index (χ1n) is 4.90. The van der Waals surface area contributed by atoms with Crippen molar-refractivity contribution in [2.45, 2.75) is 0 Å². The molecule has 86 valence electrons. The first-order valence-corrected chi connectivity index (χ1v) is 4.90. The summed E-state index contributed by atoms with van der Waals surface area (Å²) in [6, 6.07) is 4.08. The molecule has 0 unspecified atom stereocenters. The number of phenols is 2. The van der Waals surface area contributed by atoms with E-state index in [1.807, 2.05) is 0 Å². The van der Waals surface area contributed by atoms with Gasteiger partial charge in [0, 0.05) is 18.0 Å². The summed E-state index contributed by atoms with van der Waals surface area (Å²) < 4.78 is 0. The fraction of sp³-hybridized carbons (Fsp3) is 0. The van der Waals surface area contributed by atoms with Gasteiger partial charge in [-0.15, -0.1) is 0 Å². The van der Waals surface area contributed by atoms with Crippen molar-refractivity contribution in [3.05, 3.63) is 48.1 Å². The molecule has 0 saturated heterocycles. The van der Waals surface area contributed by atoms with Crippen LogP contribution in [0.3, 0.4) is 0 Å². The predicted molar refractivity (Wildman–Crippen MR) is 61.7 cm³/mol. The number of nitrogens with one attached hydrogen (secondary N) is 1. The number of allylic oxidation sites excluding steroid dienone is 1. The average molecular weight is 230 g/mol. The number of aromatic amines is 1. The van der Waals surface area contributed by atoms with Crippen LogP contribution in [-0.4, -0.2) is 26.0 Å². The Hall–Kier alpha value is -2.56. The Morgan fingerprint density at radius 3 is 2.88 bits per heavy atom. The molecule has 0 bridgehead atoms. The highest BCUT2D eigenvalue weighted by Gasteiger charge is 2.04. The predicted octanol–water partition coefficient (Wildman–Crippen LogP) is 1.72. The minimum Gasteiger partial charge on any atom is -0.508 e. The summed E-state index contributed by atoms with van der Waals surface area (Å²) in [5.74, 6) is -0.0715. The molecule has 0 amide bonds. The fourth-order valence-corrected chi connectivity index (χ4v) is 1.32.